The molecule has 8 nitrogen and oxygen atoms in total. The number of esters is 2. The van der Waals surface area contributed by atoms with Crippen LogP contribution >= 0.6 is 0 Å². The van der Waals surface area contributed by atoms with Crippen LogP contribution in [0.4, 0.5) is 0 Å². The van der Waals surface area contributed by atoms with E-state index in [1.165, 1.54) is 6.33 Å². The number of hydrogen-bond donors (Lipinski definition) is 1. The van der Waals surface area contributed by atoms with Crippen LogP contribution < -0.4 is 10.5 Å². The molecule has 1 aromatic heterocycles. The average molecular weight is 383 g/mol. The molecule has 0 radical (unpaired) electrons. The van der Waals surface area contributed by atoms with Crippen LogP contribution in [-0.4, -0.2) is 35.1 Å². The Morgan fingerprint density at radius 1 is 1.11 bits per heavy atom. The van der Waals surface area contributed by atoms with Crippen molar-refractivity contribution in [3.63, 3.8) is 0 Å². The molecule has 0 fully saturated rings. The topological polar surface area (TPSA) is 114 Å². The van der Waals surface area contributed by atoms with Gasteiger partial charge in [-0.15, -0.1) is 0 Å². The maximum absolute atomic E-state index is 12.5. The third kappa shape index (κ3) is 3.95. The third-order valence-corrected chi connectivity index (χ3v) is 4.28. The van der Waals surface area contributed by atoms with Crippen LogP contribution in [0.15, 0.2) is 48.4 Å². The van der Waals surface area contributed by atoms with E-state index in [4.69, 9.17) is 19.9 Å². The molecule has 0 aliphatic carbocycles. The first-order chi connectivity index (χ1) is 13.5. The van der Waals surface area contributed by atoms with Crippen LogP contribution in [0.25, 0.3) is 11.1 Å². The highest BCUT2D eigenvalue weighted by atomic mass is 16.5. The Bertz CT molecular complexity index is 911. The number of nitrogens with two attached hydrogens (primary N) is 1. The van der Waals surface area contributed by atoms with Crippen molar-refractivity contribution in [3.05, 3.63) is 53.9 Å². The summed E-state index contributed by atoms with van der Waals surface area (Å²) in [7, 11) is 0. The number of carbonyl (C=O) groups is 2. The van der Waals surface area contributed by atoms with Gasteiger partial charge in [-0.2, -0.15) is 0 Å². The Kier molecular flexibility index (Phi) is 5.88. The second-order valence-corrected chi connectivity index (χ2v) is 6.04. The van der Waals surface area contributed by atoms with Gasteiger partial charge in [0.2, 0.25) is 5.88 Å². The first-order valence-corrected chi connectivity index (χ1v) is 8.94. The molecule has 1 aliphatic heterocycles. The van der Waals surface area contributed by atoms with Gasteiger partial charge in [0.1, 0.15) is 17.6 Å². The minimum atomic E-state index is -0.647. The summed E-state index contributed by atoms with van der Waals surface area (Å²) in [5.74, 6) is -1.31. The summed E-state index contributed by atoms with van der Waals surface area (Å²) in [6.07, 6.45) is 4.73. The SMILES string of the molecule is CCOC(=O)CC1C(C(=O)OCC)=C(N)Oc2ccc(-c3cncnc3)cc21. The van der Waals surface area contributed by atoms with E-state index in [9.17, 15) is 9.59 Å². The standard InChI is InChI=1S/C20H21N3O5/c1-3-26-17(24)8-15-14-7-12(13-9-22-11-23-10-13)5-6-16(14)28-19(21)18(15)20(25)27-4-2/h5-7,9-11,15H,3-4,8,21H2,1-2H3. The monoisotopic (exact) mass is 383 g/mol. The lowest BCUT2D eigenvalue weighted by molar-refractivity contribution is -0.143. The quantitative estimate of drug-likeness (QED) is 0.756. The Hall–Kier alpha value is -3.42. The van der Waals surface area contributed by atoms with Crippen LogP contribution in [0, 0.1) is 0 Å². The van der Waals surface area contributed by atoms with Crippen molar-refractivity contribution < 1.29 is 23.8 Å². The van der Waals surface area contributed by atoms with E-state index in [0.717, 1.165) is 11.1 Å². The van der Waals surface area contributed by atoms with E-state index in [-0.39, 0.29) is 31.1 Å². The van der Waals surface area contributed by atoms with E-state index >= 15 is 0 Å². The number of nitrogens with zero attached hydrogens (tertiary/aromatic N) is 2. The van der Waals surface area contributed by atoms with Gasteiger partial charge in [0.25, 0.3) is 0 Å². The highest BCUT2D eigenvalue weighted by Gasteiger charge is 2.36. The van der Waals surface area contributed by atoms with E-state index in [0.29, 0.717) is 11.3 Å². The Labute approximate surface area is 162 Å². The van der Waals surface area contributed by atoms with Gasteiger partial charge in [0.05, 0.1) is 19.6 Å². The molecule has 0 saturated heterocycles. The first-order valence-electron chi connectivity index (χ1n) is 8.94. The van der Waals surface area contributed by atoms with E-state index in [1.54, 1.807) is 32.3 Å². The normalized spacial score (nSPS) is 15.4. The van der Waals surface area contributed by atoms with Crippen molar-refractivity contribution >= 4 is 11.9 Å². The van der Waals surface area contributed by atoms with Crippen molar-refractivity contribution in [2.45, 2.75) is 26.2 Å². The van der Waals surface area contributed by atoms with Crippen LogP contribution in [0.2, 0.25) is 0 Å². The number of carbonyl (C=O) groups excluding carboxylic acids is 2. The summed E-state index contributed by atoms with van der Waals surface area (Å²) in [5, 5.41) is 0. The number of ether oxygens (including phenoxy) is 3. The highest BCUT2D eigenvalue weighted by Crippen LogP contribution is 2.42. The van der Waals surface area contributed by atoms with Gasteiger partial charge in [0.15, 0.2) is 0 Å². The van der Waals surface area contributed by atoms with Crippen LogP contribution in [0.3, 0.4) is 0 Å². The minimum Gasteiger partial charge on any atom is -0.466 e. The van der Waals surface area contributed by atoms with E-state index in [1.807, 2.05) is 12.1 Å². The maximum atomic E-state index is 12.5. The fourth-order valence-electron chi connectivity index (χ4n) is 3.09. The van der Waals surface area contributed by atoms with Gasteiger partial charge in [-0.05, 0) is 31.5 Å². The molecule has 0 amide bonds. The lowest BCUT2D eigenvalue weighted by atomic mass is 9.84. The van der Waals surface area contributed by atoms with Crippen LogP contribution in [-0.2, 0) is 19.1 Å². The minimum absolute atomic E-state index is 0.0617. The Morgan fingerprint density at radius 3 is 2.50 bits per heavy atom. The van der Waals surface area contributed by atoms with Crippen molar-refractivity contribution in [1.82, 2.24) is 9.97 Å². The molecule has 0 spiro atoms. The lowest BCUT2D eigenvalue weighted by Gasteiger charge is -2.28. The zero-order chi connectivity index (χ0) is 20.1. The number of aromatic nitrogens is 2. The smallest absolute Gasteiger partial charge is 0.340 e. The van der Waals surface area contributed by atoms with Crippen LogP contribution in [0.1, 0.15) is 31.7 Å². The molecule has 146 valence electrons. The number of fused-ring (bicyclic) bond motifs is 1. The predicted octanol–water partition coefficient (Wildman–Crippen LogP) is 2.31. The molecule has 0 bridgehead atoms. The second kappa shape index (κ2) is 8.51. The molecule has 1 unspecified atom stereocenters. The fraction of sp³-hybridized carbons (Fsp3) is 0.300. The molecule has 28 heavy (non-hydrogen) atoms. The van der Waals surface area contributed by atoms with E-state index < -0.39 is 17.9 Å². The Morgan fingerprint density at radius 2 is 1.82 bits per heavy atom. The van der Waals surface area contributed by atoms with Gasteiger partial charge >= 0.3 is 11.9 Å². The largest absolute Gasteiger partial charge is 0.466 e. The number of hydrogen-bond acceptors (Lipinski definition) is 8. The molecule has 0 saturated carbocycles. The number of benzene rings is 1. The van der Waals surface area contributed by atoms with Crippen molar-refractivity contribution in [3.8, 4) is 16.9 Å². The van der Waals surface area contributed by atoms with Gasteiger partial charge in [-0.1, -0.05) is 6.07 Å². The van der Waals surface area contributed by atoms with E-state index in [2.05, 4.69) is 9.97 Å². The molecule has 2 heterocycles. The highest BCUT2D eigenvalue weighted by molar-refractivity contribution is 5.93. The summed E-state index contributed by atoms with van der Waals surface area (Å²) in [6.45, 7) is 3.83. The maximum Gasteiger partial charge on any atom is 0.340 e. The van der Waals surface area contributed by atoms with Gasteiger partial charge in [-0.25, -0.2) is 14.8 Å². The molecule has 1 aliphatic rings. The summed E-state index contributed by atoms with van der Waals surface area (Å²) in [6, 6.07) is 5.41. The summed E-state index contributed by atoms with van der Waals surface area (Å²) < 4.78 is 15.9. The molecule has 8 heteroatoms. The van der Waals surface area contributed by atoms with Crippen molar-refractivity contribution in [2.75, 3.05) is 13.2 Å². The molecule has 2 N–H and O–H groups in total. The molecule has 1 atom stereocenters. The van der Waals surface area contributed by atoms with Gasteiger partial charge < -0.3 is 19.9 Å². The Balaban J connectivity index is 2.07. The fourth-order valence-corrected chi connectivity index (χ4v) is 3.09. The summed E-state index contributed by atoms with van der Waals surface area (Å²) >= 11 is 0. The first kappa shape index (κ1) is 19.3. The van der Waals surface area contributed by atoms with Crippen molar-refractivity contribution in [2.24, 2.45) is 5.73 Å². The second-order valence-electron chi connectivity index (χ2n) is 6.04. The number of rotatable bonds is 6. The molecular weight excluding hydrogens is 362 g/mol. The molecule has 2 aromatic rings. The van der Waals surface area contributed by atoms with Crippen molar-refractivity contribution in [1.29, 1.82) is 0 Å². The zero-order valence-electron chi connectivity index (χ0n) is 15.7. The molecule has 3 rings (SSSR count). The summed E-state index contributed by atoms with van der Waals surface area (Å²) in [5.41, 5.74) is 8.37. The third-order valence-electron chi connectivity index (χ3n) is 4.28. The molecule has 1 aromatic carbocycles. The van der Waals surface area contributed by atoms with Crippen LogP contribution in [0.5, 0.6) is 5.75 Å². The lowest BCUT2D eigenvalue weighted by Crippen LogP contribution is -2.28. The average Bonchev–Trinajstić information content (AvgIpc) is 2.68. The van der Waals surface area contributed by atoms with Gasteiger partial charge in [-0.3, -0.25) is 4.79 Å². The zero-order valence-corrected chi connectivity index (χ0v) is 15.7. The summed E-state index contributed by atoms with van der Waals surface area (Å²) in [4.78, 5) is 32.8. The van der Waals surface area contributed by atoms with Gasteiger partial charge in [0, 0.05) is 29.4 Å². The molecular formula is C20H21N3O5. The predicted molar refractivity (Wildman–Crippen MR) is 99.9 cm³/mol.